The number of carbonyl (C=O) groups excluding carboxylic acids is 3. The number of rotatable bonds is 5. The van der Waals surface area contributed by atoms with E-state index in [0.29, 0.717) is 25.4 Å². The molecule has 10 heteroatoms. The maximum absolute atomic E-state index is 12.1. The van der Waals surface area contributed by atoms with Gasteiger partial charge in [0.05, 0.1) is 23.0 Å². The van der Waals surface area contributed by atoms with Crippen LogP contribution in [0.2, 0.25) is 0 Å². The second-order valence-electron chi connectivity index (χ2n) is 6.50. The minimum Gasteiger partial charge on any atom is -0.466 e. The highest BCUT2D eigenvalue weighted by molar-refractivity contribution is 6.14. The number of amides is 3. The molecule has 1 aromatic carbocycles. The van der Waals surface area contributed by atoms with Crippen LogP contribution in [0, 0.1) is 16.0 Å². The summed E-state index contributed by atoms with van der Waals surface area (Å²) in [6.07, 6.45) is 2.79. The number of benzene rings is 1. The van der Waals surface area contributed by atoms with Gasteiger partial charge in [0.1, 0.15) is 5.70 Å². The van der Waals surface area contributed by atoms with Gasteiger partial charge in [-0.2, -0.15) is 0 Å². The summed E-state index contributed by atoms with van der Waals surface area (Å²) < 4.78 is 5.10. The lowest BCUT2D eigenvalue weighted by molar-refractivity contribution is -0.385. The highest BCUT2D eigenvalue weighted by Crippen LogP contribution is 2.30. The van der Waals surface area contributed by atoms with E-state index in [2.05, 4.69) is 10.6 Å². The van der Waals surface area contributed by atoms with E-state index >= 15 is 0 Å². The molecule has 1 aromatic rings. The Kier molecular flexibility index (Phi) is 5.57. The van der Waals surface area contributed by atoms with Crippen molar-refractivity contribution in [2.75, 3.05) is 24.6 Å². The zero-order valence-corrected chi connectivity index (χ0v) is 15.3. The molecule has 1 atom stereocenters. The average Bonchev–Trinajstić information content (AvgIpc) is 2.98. The lowest BCUT2D eigenvalue weighted by Gasteiger charge is -2.33. The van der Waals surface area contributed by atoms with Gasteiger partial charge in [0.25, 0.3) is 11.6 Å². The Labute approximate surface area is 160 Å². The van der Waals surface area contributed by atoms with Crippen molar-refractivity contribution in [3.05, 3.63) is 39.6 Å². The number of nitrogens with one attached hydrogen (secondary N) is 2. The van der Waals surface area contributed by atoms with Crippen LogP contribution in [0.5, 0.6) is 0 Å². The quantitative estimate of drug-likeness (QED) is 0.257. The molecule has 0 aromatic heterocycles. The molecule has 10 nitrogen and oxygen atoms in total. The van der Waals surface area contributed by atoms with Crippen LogP contribution in [0.4, 0.5) is 16.2 Å². The van der Waals surface area contributed by atoms with Crippen LogP contribution in [-0.4, -0.2) is 42.5 Å². The summed E-state index contributed by atoms with van der Waals surface area (Å²) in [5.41, 5.74) is 0.627. The van der Waals surface area contributed by atoms with Gasteiger partial charge in [-0.05, 0) is 38.0 Å². The van der Waals surface area contributed by atoms with Crippen LogP contribution >= 0.6 is 0 Å². The van der Waals surface area contributed by atoms with Gasteiger partial charge in [-0.15, -0.1) is 0 Å². The maximum Gasteiger partial charge on any atom is 0.326 e. The Morgan fingerprint density at radius 3 is 2.82 bits per heavy atom. The molecular formula is C18H20N4O6. The number of hydrogen-bond donors (Lipinski definition) is 2. The summed E-state index contributed by atoms with van der Waals surface area (Å²) >= 11 is 0. The average molecular weight is 388 g/mol. The van der Waals surface area contributed by atoms with E-state index in [4.69, 9.17) is 4.74 Å². The highest BCUT2D eigenvalue weighted by Gasteiger charge is 2.28. The zero-order chi connectivity index (χ0) is 20.3. The molecule has 148 valence electrons. The molecule has 2 fully saturated rings. The van der Waals surface area contributed by atoms with Crippen LogP contribution in [0.1, 0.15) is 25.3 Å². The van der Waals surface area contributed by atoms with E-state index in [1.165, 1.54) is 12.1 Å². The number of hydrogen-bond acceptors (Lipinski definition) is 7. The number of nitro benzene ring substituents is 1. The van der Waals surface area contributed by atoms with Gasteiger partial charge in [0, 0.05) is 24.8 Å². The second kappa shape index (κ2) is 8.07. The van der Waals surface area contributed by atoms with Gasteiger partial charge in [0.15, 0.2) is 0 Å². The van der Waals surface area contributed by atoms with Crippen LogP contribution in [0.25, 0.3) is 6.08 Å². The third-order valence-corrected chi connectivity index (χ3v) is 4.63. The van der Waals surface area contributed by atoms with Crippen molar-refractivity contribution in [2.45, 2.75) is 19.8 Å². The fourth-order valence-corrected chi connectivity index (χ4v) is 3.32. The van der Waals surface area contributed by atoms with Crippen molar-refractivity contribution >= 4 is 35.4 Å². The summed E-state index contributed by atoms with van der Waals surface area (Å²) in [7, 11) is 0. The maximum atomic E-state index is 12.1. The van der Waals surface area contributed by atoms with Gasteiger partial charge < -0.3 is 15.0 Å². The minimum atomic E-state index is -0.677. The topological polar surface area (TPSA) is 131 Å². The van der Waals surface area contributed by atoms with Crippen molar-refractivity contribution < 1.29 is 24.0 Å². The third kappa shape index (κ3) is 4.11. The fraction of sp³-hybridized carbons (Fsp3) is 0.389. The number of carbonyl (C=O) groups is 3. The first-order valence-corrected chi connectivity index (χ1v) is 8.93. The number of urea groups is 1. The molecule has 1 unspecified atom stereocenters. The molecule has 28 heavy (non-hydrogen) atoms. The number of piperidine rings is 1. The Morgan fingerprint density at radius 1 is 1.39 bits per heavy atom. The van der Waals surface area contributed by atoms with E-state index in [1.54, 1.807) is 19.1 Å². The van der Waals surface area contributed by atoms with Crippen molar-refractivity contribution in [1.82, 2.24) is 10.6 Å². The van der Waals surface area contributed by atoms with Crippen LogP contribution < -0.4 is 15.5 Å². The Hall–Kier alpha value is -3.43. The number of anilines is 1. The first-order chi connectivity index (χ1) is 13.4. The van der Waals surface area contributed by atoms with Crippen LogP contribution in [-0.2, 0) is 14.3 Å². The molecule has 2 heterocycles. The van der Waals surface area contributed by atoms with E-state index in [-0.39, 0.29) is 28.8 Å². The molecule has 3 rings (SSSR count). The van der Waals surface area contributed by atoms with E-state index in [0.717, 1.165) is 12.8 Å². The van der Waals surface area contributed by atoms with E-state index in [9.17, 15) is 24.5 Å². The molecule has 2 aliphatic heterocycles. The second-order valence-corrected chi connectivity index (χ2v) is 6.50. The predicted octanol–water partition coefficient (Wildman–Crippen LogP) is 1.55. The van der Waals surface area contributed by atoms with Crippen molar-refractivity contribution in [3.8, 4) is 0 Å². The zero-order valence-electron chi connectivity index (χ0n) is 15.3. The third-order valence-electron chi connectivity index (χ3n) is 4.63. The fourth-order valence-electron chi connectivity index (χ4n) is 3.32. The molecule has 2 aliphatic rings. The van der Waals surface area contributed by atoms with Gasteiger partial charge in [-0.1, -0.05) is 0 Å². The monoisotopic (exact) mass is 388 g/mol. The number of nitrogens with zero attached hydrogens (tertiary/aromatic N) is 2. The summed E-state index contributed by atoms with van der Waals surface area (Å²) in [5.74, 6) is -1.16. The molecule has 0 aliphatic carbocycles. The molecule has 3 amide bonds. The summed E-state index contributed by atoms with van der Waals surface area (Å²) in [6, 6.07) is 3.87. The van der Waals surface area contributed by atoms with Gasteiger partial charge in [0.2, 0.25) is 0 Å². The Morgan fingerprint density at radius 2 is 2.18 bits per heavy atom. The number of ether oxygens (including phenoxy) is 1. The standard InChI is InChI=1S/C18H20N4O6/c1-2-28-17(24)11-4-3-7-21(10-11)13-5-6-15(22(26)27)12(8-13)9-14-16(23)20-18(25)19-14/h5-6,8-9,11H,2-4,7,10H2,1H3,(H2,19,20,23,25). The molecule has 0 saturated carbocycles. The van der Waals surface area contributed by atoms with E-state index in [1.807, 2.05) is 4.90 Å². The minimum absolute atomic E-state index is 0.0618. The summed E-state index contributed by atoms with van der Waals surface area (Å²) in [5, 5.41) is 15.7. The first-order valence-electron chi connectivity index (χ1n) is 8.93. The predicted molar refractivity (Wildman–Crippen MR) is 99.3 cm³/mol. The highest BCUT2D eigenvalue weighted by atomic mass is 16.6. The van der Waals surface area contributed by atoms with Crippen LogP contribution in [0.3, 0.4) is 0 Å². The van der Waals surface area contributed by atoms with E-state index < -0.39 is 16.9 Å². The van der Waals surface area contributed by atoms with Gasteiger partial charge in [-0.25, -0.2) is 4.79 Å². The largest absolute Gasteiger partial charge is 0.466 e. The molecular weight excluding hydrogens is 368 g/mol. The number of imide groups is 1. The molecule has 0 bridgehead atoms. The lowest BCUT2D eigenvalue weighted by Crippen LogP contribution is -2.39. The number of nitro groups is 1. The summed E-state index contributed by atoms with van der Waals surface area (Å²) in [6.45, 7) is 3.22. The van der Waals surface area contributed by atoms with Crippen molar-refractivity contribution in [1.29, 1.82) is 0 Å². The first kappa shape index (κ1) is 19.3. The Bertz CT molecular complexity index is 866. The van der Waals surface area contributed by atoms with Gasteiger partial charge >= 0.3 is 12.0 Å². The van der Waals surface area contributed by atoms with Crippen LogP contribution in [0.15, 0.2) is 23.9 Å². The molecule has 2 saturated heterocycles. The molecule has 0 radical (unpaired) electrons. The van der Waals surface area contributed by atoms with Gasteiger partial charge in [-0.3, -0.25) is 25.0 Å². The smallest absolute Gasteiger partial charge is 0.326 e. The van der Waals surface area contributed by atoms with Crippen molar-refractivity contribution in [3.63, 3.8) is 0 Å². The Balaban J connectivity index is 1.89. The molecule has 0 spiro atoms. The number of esters is 1. The normalized spacial score (nSPS) is 20.7. The molecule has 2 N–H and O–H groups in total. The summed E-state index contributed by atoms with van der Waals surface area (Å²) in [4.78, 5) is 47.8. The lowest BCUT2D eigenvalue weighted by atomic mass is 9.97. The van der Waals surface area contributed by atoms with Crippen molar-refractivity contribution in [2.24, 2.45) is 5.92 Å². The SMILES string of the molecule is CCOC(=O)C1CCCN(c2ccc([N+](=O)[O-])c(C=C3NC(=O)NC3=O)c2)C1.